The van der Waals surface area contributed by atoms with Crippen molar-refractivity contribution in [2.75, 3.05) is 34.3 Å². The van der Waals surface area contributed by atoms with E-state index in [4.69, 9.17) is 13.8 Å². The molecule has 37 heavy (non-hydrogen) atoms. The monoisotopic (exact) mass is 544 g/mol. The minimum Gasteiger partial charge on any atom is -0.462 e. The maximum Gasteiger partial charge on any atom is 0.472 e. The van der Waals surface area contributed by atoms with E-state index >= 15 is 0 Å². The van der Waals surface area contributed by atoms with Crippen LogP contribution in [0.15, 0.2) is 24.3 Å². The van der Waals surface area contributed by atoms with Crippen LogP contribution in [0.2, 0.25) is 0 Å². The van der Waals surface area contributed by atoms with Crippen LogP contribution in [-0.4, -0.2) is 61.8 Å². The van der Waals surface area contributed by atoms with Gasteiger partial charge in [-0.3, -0.25) is 13.8 Å². The summed E-state index contributed by atoms with van der Waals surface area (Å²) in [4.78, 5) is 22.9. The van der Waals surface area contributed by atoms with Gasteiger partial charge < -0.3 is 14.1 Å². The fourth-order valence-electron chi connectivity index (χ4n) is 4.23. The predicted molar refractivity (Wildman–Crippen MR) is 151 cm³/mol. The van der Waals surface area contributed by atoms with Crippen LogP contribution in [0.3, 0.4) is 0 Å². The molecule has 0 aromatic rings. The summed E-state index contributed by atoms with van der Waals surface area (Å²) in [5.74, 6) is -0.408. The second-order valence-electron chi connectivity index (χ2n) is 11.4. The molecule has 0 spiro atoms. The number of allylic oxidation sites excluding steroid dienone is 3. The summed E-state index contributed by atoms with van der Waals surface area (Å²) in [5.41, 5.74) is 0. The molecule has 0 aromatic carbocycles. The first-order chi connectivity index (χ1) is 17.6. The van der Waals surface area contributed by atoms with Crippen molar-refractivity contribution < 1.29 is 32.5 Å². The number of likely N-dealkylation sites (N-methyl/N-ethyl adjacent to an activating group) is 1. The second-order valence-corrected chi connectivity index (χ2v) is 12.8. The highest BCUT2D eigenvalue weighted by Crippen LogP contribution is 2.45. The lowest BCUT2D eigenvalue weighted by molar-refractivity contribution is -0.870. The summed E-state index contributed by atoms with van der Waals surface area (Å²) in [6.07, 6.45) is 24.0. The van der Waals surface area contributed by atoms with Gasteiger partial charge in [-0.1, -0.05) is 82.1 Å². The average molecular weight is 545 g/mol. The molecule has 216 valence electrons. The third-order valence-electron chi connectivity index (χ3n) is 6.47. The third kappa shape index (κ3) is 21.6. The van der Waals surface area contributed by atoms with Gasteiger partial charge >= 0.3 is 13.8 Å². The molecule has 1 heterocycles. The first kappa shape index (κ1) is 34.0. The van der Waals surface area contributed by atoms with Crippen LogP contribution < -0.4 is 0 Å². The molecular weight excluding hydrogens is 489 g/mol. The molecule has 8 heteroatoms. The average Bonchev–Trinajstić information content (AvgIpc) is 2.78. The third-order valence-corrected chi connectivity index (χ3v) is 7.55. The van der Waals surface area contributed by atoms with Gasteiger partial charge in [-0.2, -0.15) is 0 Å². The molecule has 0 saturated carbocycles. The molecule has 0 aliphatic carbocycles. The summed E-state index contributed by atoms with van der Waals surface area (Å²) < 4.78 is 29.4. The zero-order chi connectivity index (χ0) is 27.4. The topological polar surface area (TPSA) is 82.1 Å². The largest absolute Gasteiger partial charge is 0.472 e. The number of esters is 1. The van der Waals surface area contributed by atoms with E-state index in [0.717, 1.165) is 32.1 Å². The number of cyclic esters (lactones) is 1. The molecule has 0 amide bonds. The van der Waals surface area contributed by atoms with E-state index in [1.54, 1.807) is 0 Å². The Morgan fingerprint density at radius 2 is 1.43 bits per heavy atom. The van der Waals surface area contributed by atoms with Gasteiger partial charge in [-0.05, 0) is 39.0 Å². The van der Waals surface area contributed by atoms with Crippen molar-refractivity contribution in [3.63, 3.8) is 0 Å². The number of hydrogen-bond acceptors (Lipinski definition) is 5. The zero-order valence-electron chi connectivity index (χ0n) is 24.1. The summed E-state index contributed by atoms with van der Waals surface area (Å²) in [6.45, 7) is 2.54. The SMILES string of the molecule is CC1C/C=C/CC/C=C\CCCCCCCCCCCC[C@H](OP(=O)(O)OCC[N+](C)(C)C)CC(=O)O1. The van der Waals surface area contributed by atoms with E-state index in [1.807, 2.05) is 28.1 Å². The van der Waals surface area contributed by atoms with Crippen LogP contribution in [0.25, 0.3) is 0 Å². The molecule has 0 radical (unpaired) electrons. The Labute approximate surface area is 226 Å². The van der Waals surface area contributed by atoms with Gasteiger partial charge in [0.25, 0.3) is 0 Å². The van der Waals surface area contributed by atoms with Gasteiger partial charge in [0.2, 0.25) is 0 Å². The zero-order valence-corrected chi connectivity index (χ0v) is 25.0. The molecular formula is C29H55NO6P+. The Morgan fingerprint density at radius 3 is 2.05 bits per heavy atom. The number of rotatable bonds is 6. The Bertz CT molecular complexity index is 703. The molecule has 0 fully saturated rings. The van der Waals surface area contributed by atoms with Crippen molar-refractivity contribution >= 4 is 13.8 Å². The lowest BCUT2D eigenvalue weighted by Gasteiger charge is -2.25. The molecule has 3 atom stereocenters. The molecule has 0 bridgehead atoms. The number of phosphoric ester groups is 1. The number of nitrogens with zero attached hydrogens (tertiary/aromatic N) is 1. The Balaban J connectivity index is 2.65. The first-order valence-corrected chi connectivity index (χ1v) is 16.0. The van der Waals surface area contributed by atoms with Crippen molar-refractivity contribution in [1.29, 1.82) is 0 Å². The van der Waals surface area contributed by atoms with E-state index < -0.39 is 19.9 Å². The van der Waals surface area contributed by atoms with E-state index in [0.29, 0.717) is 23.9 Å². The number of quaternary nitrogens is 1. The fourth-order valence-corrected chi connectivity index (χ4v) is 5.16. The molecule has 7 nitrogen and oxygen atoms in total. The van der Waals surface area contributed by atoms with E-state index in [1.165, 1.54) is 51.4 Å². The highest BCUT2D eigenvalue weighted by Gasteiger charge is 2.29. The highest BCUT2D eigenvalue weighted by molar-refractivity contribution is 7.47. The minimum atomic E-state index is -4.26. The Hall–Kier alpha value is -0.980. The van der Waals surface area contributed by atoms with Crippen LogP contribution in [0.4, 0.5) is 0 Å². The first-order valence-electron chi connectivity index (χ1n) is 14.5. The predicted octanol–water partition coefficient (Wildman–Crippen LogP) is 7.49. The van der Waals surface area contributed by atoms with Gasteiger partial charge in [-0.15, -0.1) is 0 Å². The number of carbonyl (C=O) groups is 1. The molecule has 0 saturated heterocycles. The molecule has 1 aliphatic heterocycles. The van der Waals surface area contributed by atoms with E-state index in [9.17, 15) is 14.3 Å². The molecule has 1 N–H and O–H groups in total. The standard InChI is InChI=1S/C29H54NO6P/c1-27-22-20-18-16-14-12-10-8-6-5-7-9-11-13-15-17-19-21-23-28(26-29(31)35-27)36-37(32,33)34-25-24-30(2,3)4/h10,12,18,20,27-28H,5-9,11,13-17,19,21-26H2,1-4H3/p+1/b12-10-,20-18+/t27?,28-/m0/s1. The van der Waals surface area contributed by atoms with Crippen molar-refractivity contribution in [3.8, 4) is 0 Å². The summed E-state index contributed by atoms with van der Waals surface area (Å²) in [6, 6.07) is 0. The van der Waals surface area contributed by atoms with Gasteiger partial charge in [0, 0.05) is 6.42 Å². The Morgan fingerprint density at radius 1 is 0.892 bits per heavy atom. The van der Waals surface area contributed by atoms with Gasteiger partial charge in [0.1, 0.15) is 19.3 Å². The highest BCUT2D eigenvalue weighted by atomic mass is 31.2. The van der Waals surface area contributed by atoms with E-state index in [-0.39, 0.29) is 19.1 Å². The van der Waals surface area contributed by atoms with Gasteiger partial charge in [0.15, 0.2) is 0 Å². The normalized spacial score (nSPS) is 26.8. The fraction of sp³-hybridized carbons (Fsp3) is 0.828. The molecule has 1 aliphatic rings. The molecule has 0 aromatic heterocycles. The summed E-state index contributed by atoms with van der Waals surface area (Å²) >= 11 is 0. The van der Waals surface area contributed by atoms with Crippen molar-refractivity contribution in [2.24, 2.45) is 0 Å². The minimum absolute atomic E-state index is 0.0535. The van der Waals surface area contributed by atoms with E-state index in [2.05, 4.69) is 24.3 Å². The molecule has 2 unspecified atom stereocenters. The lowest BCUT2D eigenvalue weighted by atomic mass is 10.0. The molecule has 1 rings (SSSR count). The lowest BCUT2D eigenvalue weighted by Crippen LogP contribution is -2.37. The Kier molecular flexibility index (Phi) is 18.4. The number of hydrogen-bond donors (Lipinski definition) is 1. The van der Waals surface area contributed by atoms with Crippen LogP contribution in [0.1, 0.15) is 110 Å². The van der Waals surface area contributed by atoms with Crippen LogP contribution in [0.5, 0.6) is 0 Å². The van der Waals surface area contributed by atoms with Gasteiger partial charge in [0.05, 0.1) is 33.7 Å². The van der Waals surface area contributed by atoms with Crippen LogP contribution in [0, 0.1) is 0 Å². The van der Waals surface area contributed by atoms with Crippen LogP contribution >= 0.6 is 7.82 Å². The van der Waals surface area contributed by atoms with Crippen LogP contribution in [-0.2, 0) is 23.1 Å². The summed E-state index contributed by atoms with van der Waals surface area (Å²) in [7, 11) is 1.68. The summed E-state index contributed by atoms with van der Waals surface area (Å²) in [5, 5.41) is 0. The number of carbonyl (C=O) groups excluding carboxylic acids is 1. The quantitative estimate of drug-likeness (QED) is 0.161. The van der Waals surface area contributed by atoms with Crippen molar-refractivity contribution in [1.82, 2.24) is 0 Å². The number of ether oxygens (including phenoxy) is 1. The maximum atomic E-state index is 12.6. The second kappa shape index (κ2) is 20.0. The van der Waals surface area contributed by atoms with Gasteiger partial charge in [-0.25, -0.2) is 4.57 Å². The smallest absolute Gasteiger partial charge is 0.462 e. The number of phosphoric acid groups is 1. The maximum absolute atomic E-state index is 12.6. The van der Waals surface area contributed by atoms with Crippen molar-refractivity contribution in [3.05, 3.63) is 24.3 Å². The van der Waals surface area contributed by atoms with Crippen molar-refractivity contribution in [2.45, 2.75) is 122 Å².